The molecule has 0 bridgehead atoms. The molecule has 0 saturated carbocycles. The van der Waals surface area contributed by atoms with Crippen molar-refractivity contribution in [2.75, 3.05) is 0 Å². The molecule has 2 heterocycles. The summed E-state index contributed by atoms with van der Waals surface area (Å²) in [4.78, 5) is 4.25. The predicted molar refractivity (Wildman–Crippen MR) is 78.4 cm³/mol. The number of benzene rings is 1. The molecule has 18 heavy (non-hydrogen) atoms. The summed E-state index contributed by atoms with van der Waals surface area (Å²) in [5, 5.41) is 7.35. The van der Waals surface area contributed by atoms with E-state index in [2.05, 4.69) is 46.4 Å². The monoisotopic (exact) mass is 239 g/mol. The fourth-order valence-electron chi connectivity index (χ4n) is 1.74. The van der Waals surface area contributed by atoms with Gasteiger partial charge in [0, 0.05) is 36.7 Å². The molecule has 2 aliphatic heterocycles. The largest absolute Gasteiger partial charge is 0.265 e. The van der Waals surface area contributed by atoms with Crippen molar-refractivity contribution in [2.24, 2.45) is 15.2 Å². The van der Waals surface area contributed by atoms with Gasteiger partial charge in [-0.3, -0.25) is 4.99 Å². The minimum Gasteiger partial charge on any atom is -0.265 e. The number of aliphatic imine (C=N–C) groups is 1. The Bertz CT molecular complexity index is 522. The number of hydrogen-bond donors (Lipinski definition) is 0. The summed E-state index contributed by atoms with van der Waals surface area (Å²) in [5.74, 6) is 0. The van der Waals surface area contributed by atoms with Crippen molar-refractivity contribution in [2.45, 2.75) is 26.7 Å². The van der Waals surface area contributed by atoms with E-state index in [4.69, 9.17) is 0 Å². The van der Waals surface area contributed by atoms with Gasteiger partial charge in [0.15, 0.2) is 0 Å². The molecule has 1 aromatic rings. The minimum absolute atomic E-state index is 0.944. The second-order valence-corrected chi connectivity index (χ2v) is 4.40. The Kier molecular flexibility index (Phi) is 4.18. The van der Waals surface area contributed by atoms with Crippen LogP contribution >= 0.6 is 0 Å². The van der Waals surface area contributed by atoms with Crippen LogP contribution < -0.4 is 0 Å². The highest BCUT2D eigenvalue weighted by Gasteiger charge is 2.06. The Hall–Kier alpha value is -2.03. The van der Waals surface area contributed by atoms with Crippen LogP contribution in [-0.4, -0.2) is 17.6 Å². The van der Waals surface area contributed by atoms with Crippen LogP contribution in [0.4, 0.5) is 0 Å². The molecular weight excluding hydrogens is 222 g/mol. The van der Waals surface area contributed by atoms with Crippen molar-refractivity contribution in [3.05, 3.63) is 42.1 Å². The topological polar surface area (TPSA) is 37.1 Å². The van der Waals surface area contributed by atoms with Crippen molar-refractivity contribution in [1.82, 2.24) is 0 Å². The molecule has 0 amide bonds. The minimum atomic E-state index is 0.944. The van der Waals surface area contributed by atoms with E-state index in [0.717, 1.165) is 18.6 Å². The van der Waals surface area contributed by atoms with Gasteiger partial charge in [-0.15, -0.1) is 0 Å². The van der Waals surface area contributed by atoms with Crippen molar-refractivity contribution in [3.63, 3.8) is 0 Å². The molecule has 0 atom stereocenters. The first-order valence-electron chi connectivity index (χ1n) is 6.08. The summed E-state index contributed by atoms with van der Waals surface area (Å²) in [5.41, 5.74) is 4.93. The van der Waals surface area contributed by atoms with Crippen LogP contribution in [0.2, 0.25) is 0 Å². The zero-order valence-electron chi connectivity index (χ0n) is 10.8. The van der Waals surface area contributed by atoms with Crippen LogP contribution in [0, 0.1) is 0 Å². The third-order valence-electron chi connectivity index (χ3n) is 2.73. The summed E-state index contributed by atoms with van der Waals surface area (Å²) in [6, 6.07) is 10.4. The summed E-state index contributed by atoms with van der Waals surface area (Å²) < 4.78 is 0. The molecule has 0 fully saturated rings. The zero-order chi connectivity index (χ0) is 12.8. The third kappa shape index (κ3) is 3.48. The maximum Gasteiger partial charge on any atom is 0.0428 e. The smallest absolute Gasteiger partial charge is 0.0428 e. The Morgan fingerprint density at radius 2 is 1.78 bits per heavy atom. The van der Waals surface area contributed by atoms with Gasteiger partial charge < -0.3 is 0 Å². The van der Waals surface area contributed by atoms with Crippen molar-refractivity contribution in [1.29, 1.82) is 0 Å². The fraction of sp³-hybridized carbons (Fsp3) is 0.267. The SMILES string of the molecule is CC1=NC=C(c2ccccc2)C1.CC1=NN=CC1. The first-order valence-corrected chi connectivity index (χ1v) is 6.08. The average Bonchev–Trinajstić information content (AvgIpc) is 3.03. The third-order valence-corrected chi connectivity index (χ3v) is 2.73. The first-order chi connectivity index (χ1) is 8.75. The van der Waals surface area contributed by atoms with Crippen LogP contribution in [0.15, 0.2) is 51.7 Å². The first kappa shape index (κ1) is 12.4. The molecule has 3 rings (SSSR count). The van der Waals surface area contributed by atoms with Crippen molar-refractivity contribution < 1.29 is 0 Å². The Labute approximate surface area is 108 Å². The van der Waals surface area contributed by atoms with Gasteiger partial charge >= 0.3 is 0 Å². The standard InChI is InChI=1S/C11H11N.C4H6N2/c1-9-7-11(8-12-9)10-5-3-2-4-6-10;1-4-2-3-5-6-4/h2-6,8H,7H2,1H3;3H,2H2,1H3. The van der Waals surface area contributed by atoms with Crippen LogP contribution in [0.25, 0.3) is 5.57 Å². The molecule has 92 valence electrons. The maximum atomic E-state index is 4.25. The Morgan fingerprint density at radius 3 is 2.22 bits per heavy atom. The molecule has 0 spiro atoms. The van der Waals surface area contributed by atoms with Crippen LogP contribution in [0.5, 0.6) is 0 Å². The fourth-order valence-corrected chi connectivity index (χ4v) is 1.74. The van der Waals surface area contributed by atoms with Crippen LogP contribution in [0.3, 0.4) is 0 Å². The van der Waals surface area contributed by atoms with E-state index >= 15 is 0 Å². The number of nitrogens with zero attached hydrogens (tertiary/aromatic N) is 3. The molecule has 0 N–H and O–H groups in total. The van der Waals surface area contributed by atoms with E-state index in [0.29, 0.717) is 0 Å². The van der Waals surface area contributed by atoms with Crippen molar-refractivity contribution in [3.8, 4) is 0 Å². The van der Waals surface area contributed by atoms with Crippen molar-refractivity contribution >= 4 is 23.2 Å². The number of allylic oxidation sites excluding steroid dienone is 1. The highest BCUT2D eigenvalue weighted by atomic mass is 15.2. The molecule has 0 saturated heterocycles. The highest BCUT2D eigenvalue weighted by Crippen LogP contribution is 2.22. The van der Waals surface area contributed by atoms with Crippen LogP contribution in [-0.2, 0) is 0 Å². The average molecular weight is 239 g/mol. The molecule has 0 aromatic heterocycles. The van der Waals surface area contributed by atoms with Gasteiger partial charge in [-0.2, -0.15) is 10.2 Å². The lowest BCUT2D eigenvalue weighted by Gasteiger charge is -1.99. The summed E-state index contributed by atoms with van der Waals surface area (Å²) in [6.45, 7) is 4.03. The molecule has 0 unspecified atom stereocenters. The summed E-state index contributed by atoms with van der Waals surface area (Å²) >= 11 is 0. The highest BCUT2D eigenvalue weighted by molar-refractivity contribution is 5.97. The maximum absolute atomic E-state index is 4.25. The molecular formula is C15H17N3. The van der Waals surface area contributed by atoms with Gasteiger partial charge in [0.2, 0.25) is 0 Å². The molecule has 0 aliphatic carbocycles. The molecule has 1 aromatic carbocycles. The number of hydrogen-bond acceptors (Lipinski definition) is 3. The second kappa shape index (κ2) is 6.05. The summed E-state index contributed by atoms with van der Waals surface area (Å²) in [6.07, 6.45) is 5.71. The Balaban J connectivity index is 0.000000169. The summed E-state index contributed by atoms with van der Waals surface area (Å²) in [7, 11) is 0. The van der Waals surface area contributed by atoms with E-state index in [-0.39, 0.29) is 0 Å². The van der Waals surface area contributed by atoms with Gasteiger partial charge in [0.25, 0.3) is 0 Å². The lowest BCUT2D eigenvalue weighted by atomic mass is 10.0. The van der Waals surface area contributed by atoms with Gasteiger partial charge in [-0.05, 0) is 25.0 Å². The molecule has 0 radical (unpaired) electrons. The quantitative estimate of drug-likeness (QED) is 0.716. The molecule has 3 heteroatoms. The molecule has 3 nitrogen and oxygen atoms in total. The van der Waals surface area contributed by atoms with E-state index in [9.17, 15) is 0 Å². The second-order valence-electron chi connectivity index (χ2n) is 4.40. The van der Waals surface area contributed by atoms with Crippen LogP contribution in [0.1, 0.15) is 32.3 Å². The van der Waals surface area contributed by atoms with Gasteiger partial charge in [0.1, 0.15) is 0 Å². The predicted octanol–water partition coefficient (Wildman–Crippen LogP) is 3.73. The van der Waals surface area contributed by atoms with E-state index < -0.39 is 0 Å². The van der Waals surface area contributed by atoms with E-state index in [1.54, 1.807) is 6.21 Å². The van der Waals surface area contributed by atoms with Gasteiger partial charge in [-0.1, -0.05) is 30.3 Å². The zero-order valence-corrected chi connectivity index (χ0v) is 10.8. The van der Waals surface area contributed by atoms with E-state index in [1.165, 1.54) is 16.8 Å². The lowest BCUT2D eigenvalue weighted by molar-refractivity contribution is 1.27. The number of rotatable bonds is 1. The lowest BCUT2D eigenvalue weighted by Crippen LogP contribution is -1.86. The molecule has 2 aliphatic rings. The van der Waals surface area contributed by atoms with Gasteiger partial charge in [0.05, 0.1) is 0 Å². The van der Waals surface area contributed by atoms with E-state index in [1.807, 2.05) is 19.2 Å². The Morgan fingerprint density at radius 1 is 1.00 bits per heavy atom. The normalized spacial score (nSPS) is 16.7. The van der Waals surface area contributed by atoms with Gasteiger partial charge in [-0.25, -0.2) is 0 Å².